The van der Waals surface area contributed by atoms with Gasteiger partial charge in [0, 0.05) is 18.6 Å². The second-order valence-electron chi connectivity index (χ2n) is 5.60. The Morgan fingerprint density at radius 2 is 1.95 bits per heavy atom. The zero-order valence-corrected chi connectivity index (χ0v) is 15.1. The van der Waals surface area contributed by atoms with Gasteiger partial charge in [-0.15, -0.1) is 24.0 Å². The Balaban J connectivity index is 0.00000324. The summed E-state index contributed by atoms with van der Waals surface area (Å²) in [6.07, 6.45) is 2.52. The number of nitrogens with two attached hydrogens (primary N) is 1. The standard InChI is InChI=1S/C13H29N5.HI/c1-11(2)16-13(14)15-7-10-18-8-5-12(6-9-18)17(3)4;/h11-12H,5-10H2,1-4H3,(H3,14,15,16);1H. The number of hydrogen-bond donors (Lipinski definition) is 2. The summed E-state index contributed by atoms with van der Waals surface area (Å²) in [6, 6.07) is 1.10. The second-order valence-corrected chi connectivity index (χ2v) is 5.60. The summed E-state index contributed by atoms with van der Waals surface area (Å²) >= 11 is 0. The molecule has 1 aliphatic heterocycles. The molecule has 0 aromatic heterocycles. The number of nitrogens with one attached hydrogen (secondary N) is 1. The van der Waals surface area contributed by atoms with Crippen molar-refractivity contribution in [2.75, 3.05) is 40.3 Å². The van der Waals surface area contributed by atoms with E-state index in [-0.39, 0.29) is 24.0 Å². The number of rotatable bonds is 5. The highest BCUT2D eigenvalue weighted by atomic mass is 127. The van der Waals surface area contributed by atoms with Crippen LogP contribution in [0.2, 0.25) is 0 Å². The molecule has 1 aliphatic rings. The van der Waals surface area contributed by atoms with E-state index in [0.717, 1.165) is 19.1 Å². The largest absolute Gasteiger partial charge is 0.370 e. The first kappa shape index (κ1) is 18.9. The lowest BCUT2D eigenvalue weighted by molar-refractivity contribution is 0.148. The molecule has 0 amide bonds. The van der Waals surface area contributed by atoms with Crippen molar-refractivity contribution in [2.24, 2.45) is 10.7 Å². The highest BCUT2D eigenvalue weighted by Gasteiger charge is 2.19. The average Bonchev–Trinajstić information content (AvgIpc) is 2.28. The molecule has 0 aromatic rings. The first-order valence-corrected chi connectivity index (χ1v) is 6.94. The summed E-state index contributed by atoms with van der Waals surface area (Å²) in [4.78, 5) is 9.16. The fourth-order valence-corrected chi connectivity index (χ4v) is 2.31. The fraction of sp³-hybridized carbons (Fsp3) is 0.923. The normalized spacial score (nSPS) is 18.7. The maximum atomic E-state index is 5.77. The lowest BCUT2D eigenvalue weighted by Gasteiger charge is -2.34. The van der Waals surface area contributed by atoms with Crippen molar-refractivity contribution in [3.63, 3.8) is 0 Å². The zero-order valence-electron chi connectivity index (χ0n) is 12.7. The molecule has 0 bridgehead atoms. The van der Waals surface area contributed by atoms with Crippen molar-refractivity contribution in [3.8, 4) is 0 Å². The van der Waals surface area contributed by atoms with Crippen molar-refractivity contribution in [1.82, 2.24) is 15.1 Å². The van der Waals surface area contributed by atoms with Crippen LogP contribution in [-0.2, 0) is 0 Å². The van der Waals surface area contributed by atoms with E-state index in [9.17, 15) is 0 Å². The van der Waals surface area contributed by atoms with Gasteiger partial charge in [-0.2, -0.15) is 0 Å². The molecule has 1 heterocycles. The molecule has 1 saturated heterocycles. The van der Waals surface area contributed by atoms with Crippen LogP contribution in [0.5, 0.6) is 0 Å². The lowest BCUT2D eigenvalue weighted by atomic mass is 10.0. The van der Waals surface area contributed by atoms with E-state index >= 15 is 0 Å². The summed E-state index contributed by atoms with van der Waals surface area (Å²) in [5, 5.41) is 3.11. The third-order valence-corrected chi connectivity index (χ3v) is 3.42. The minimum absolute atomic E-state index is 0. The molecule has 6 heteroatoms. The van der Waals surface area contributed by atoms with Gasteiger partial charge in [0.1, 0.15) is 0 Å². The minimum Gasteiger partial charge on any atom is -0.370 e. The first-order chi connectivity index (χ1) is 8.49. The Morgan fingerprint density at radius 1 is 1.37 bits per heavy atom. The number of likely N-dealkylation sites (tertiary alicyclic amines) is 1. The second kappa shape index (κ2) is 9.77. The highest BCUT2D eigenvalue weighted by Crippen LogP contribution is 2.13. The van der Waals surface area contributed by atoms with Gasteiger partial charge < -0.3 is 20.9 Å². The molecule has 0 radical (unpaired) electrons. The van der Waals surface area contributed by atoms with Crippen molar-refractivity contribution in [1.29, 1.82) is 0 Å². The van der Waals surface area contributed by atoms with Crippen LogP contribution in [0.15, 0.2) is 4.99 Å². The van der Waals surface area contributed by atoms with Crippen LogP contribution >= 0.6 is 24.0 Å². The van der Waals surface area contributed by atoms with Crippen LogP contribution < -0.4 is 11.1 Å². The highest BCUT2D eigenvalue weighted by molar-refractivity contribution is 14.0. The lowest BCUT2D eigenvalue weighted by Crippen LogP contribution is -2.43. The van der Waals surface area contributed by atoms with Gasteiger partial charge in [-0.3, -0.25) is 4.99 Å². The Bertz CT molecular complexity index is 260. The number of guanidine groups is 1. The van der Waals surface area contributed by atoms with Crippen LogP contribution in [-0.4, -0.2) is 68.1 Å². The van der Waals surface area contributed by atoms with Gasteiger partial charge in [0.25, 0.3) is 0 Å². The number of halogens is 1. The third-order valence-electron chi connectivity index (χ3n) is 3.42. The molecule has 19 heavy (non-hydrogen) atoms. The molecule has 0 unspecified atom stereocenters. The summed E-state index contributed by atoms with van der Waals surface area (Å²) < 4.78 is 0. The van der Waals surface area contributed by atoms with Crippen molar-refractivity contribution in [3.05, 3.63) is 0 Å². The van der Waals surface area contributed by atoms with E-state index in [1.165, 1.54) is 25.9 Å². The third kappa shape index (κ3) is 7.94. The van der Waals surface area contributed by atoms with Gasteiger partial charge in [-0.25, -0.2) is 0 Å². The Kier molecular flexibility index (Phi) is 9.72. The van der Waals surface area contributed by atoms with E-state index in [0.29, 0.717) is 12.0 Å². The van der Waals surface area contributed by atoms with Crippen LogP contribution in [0.3, 0.4) is 0 Å². The van der Waals surface area contributed by atoms with Gasteiger partial charge in [0.05, 0.1) is 6.54 Å². The Labute approximate surface area is 135 Å². The summed E-state index contributed by atoms with van der Waals surface area (Å²) in [6.45, 7) is 8.29. The van der Waals surface area contributed by atoms with Gasteiger partial charge in [-0.05, 0) is 53.9 Å². The van der Waals surface area contributed by atoms with Gasteiger partial charge in [0.2, 0.25) is 0 Å². The maximum absolute atomic E-state index is 5.77. The monoisotopic (exact) mass is 383 g/mol. The predicted molar refractivity (Wildman–Crippen MR) is 93.3 cm³/mol. The molecule has 0 aliphatic carbocycles. The quantitative estimate of drug-likeness (QED) is 0.422. The SMILES string of the molecule is CC(C)NC(N)=NCCN1CCC(N(C)C)CC1.I. The summed E-state index contributed by atoms with van der Waals surface area (Å²) in [5.74, 6) is 0.563. The molecule has 5 nitrogen and oxygen atoms in total. The van der Waals surface area contributed by atoms with E-state index < -0.39 is 0 Å². The topological polar surface area (TPSA) is 56.9 Å². The van der Waals surface area contributed by atoms with E-state index in [4.69, 9.17) is 5.73 Å². The van der Waals surface area contributed by atoms with E-state index in [1.807, 2.05) is 0 Å². The number of nitrogens with zero attached hydrogens (tertiary/aromatic N) is 3. The molecule has 3 N–H and O–H groups in total. The predicted octanol–water partition coefficient (Wildman–Crippen LogP) is 0.943. The van der Waals surface area contributed by atoms with Crippen molar-refractivity contribution < 1.29 is 0 Å². The van der Waals surface area contributed by atoms with Crippen molar-refractivity contribution in [2.45, 2.75) is 38.8 Å². The number of piperidine rings is 1. The van der Waals surface area contributed by atoms with Gasteiger partial charge in [-0.1, -0.05) is 0 Å². The average molecular weight is 383 g/mol. The maximum Gasteiger partial charge on any atom is 0.188 e. The molecule has 0 aromatic carbocycles. The number of hydrogen-bond acceptors (Lipinski definition) is 3. The van der Waals surface area contributed by atoms with Crippen LogP contribution in [0.4, 0.5) is 0 Å². The van der Waals surface area contributed by atoms with Gasteiger partial charge in [0.15, 0.2) is 5.96 Å². The van der Waals surface area contributed by atoms with E-state index in [2.05, 4.69) is 48.1 Å². The molecular formula is C13H30IN5. The van der Waals surface area contributed by atoms with Crippen LogP contribution in [0.1, 0.15) is 26.7 Å². The van der Waals surface area contributed by atoms with E-state index in [1.54, 1.807) is 0 Å². The fourth-order valence-electron chi connectivity index (χ4n) is 2.31. The smallest absolute Gasteiger partial charge is 0.188 e. The van der Waals surface area contributed by atoms with Crippen LogP contribution in [0, 0.1) is 0 Å². The Hall–Kier alpha value is -0.0800. The molecular weight excluding hydrogens is 353 g/mol. The van der Waals surface area contributed by atoms with Gasteiger partial charge >= 0.3 is 0 Å². The number of aliphatic imine (C=N–C) groups is 1. The molecule has 114 valence electrons. The molecule has 0 saturated carbocycles. The summed E-state index contributed by atoms with van der Waals surface area (Å²) in [7, 11) is 4.34. The van der Waals surface area contributed by atoms with Crippen molar-refractivity contribution >= 4 is 29.9 Å². The molecule has 1 fully saturated rings. The summed E-state index contributed by atoms with van der Waals surface area (Å²) in [5.41, 5.74) is 5.77. The zero-order chi connectivity index (χ0) is 13.5. The first-order valence-electron chi connectivity index (χ1n) is 6.94. The molecule has 0 atom stereocenters. The Morgan fingerprint density at radius 3 is 2.42 bits per heavy atom. The van der Waals surface area contributed by atoms with Crippen LogP contribution in [0.25, 0.3) is 0 Å². The molecule has 1 rings (SSSR count). The minimum atomic E-state index is 0. The molecule has 0 spiro atoms.